The molecule has 0 aromatic rings. The normalized spacial score (nSPS) is 11.0. The van der Waals surface area contributed by atoms with Crippen LogP contribution in [0.25, 0.3) is 0 Å². The lowest BCUT2D eigenvalue weighted by Gasteiger charge is -2.11. The van der Waals surface area contributed by atoms with Gasteiger partial charge in [0.1, 0.15) is 0 Å². The minimum Gasteiger partial charge on any atom is -0.381 e. The fraction of sp³-hybridized carbons (Fsp3) is 1.00. The predicted octanol–water partition coefficient (Wildman–Crippen LogP) is 3.61. The maximum Gasteiger partial charge on any atom is 0.0494 e. The van der Waals surface area contributed by atoms with Crippen LogP contribution in [0.3, 0.4) is 0 Å². The van der Waals surface area contributed by atoms with E-state index in [0.717, 1.165) is 24.5 Å². The van der Waals surface area contributed by atoms with Crippen LogP contribution in [0, 0.1) is 5.92 Å². The quantitative estimate of drug-likeness (QED) is 0.463. The van der Waals surface area contributed by atoms with Crippen LogP contribution < -0.4 is 0 Å². The van der Waals surface area contributed by atoms with Gasteiger partial charge in [-0.25, -0.2) is 0 Å². The van der Waals surface area contributed by atoms with Gasteiger partial charge in [-0.3, -0.25) is 0 Å². The molecule has 0 spiro atoms. The summed E-state index contributed by atoms with van der Waals surface area (Å²) < 4.78 is 5.56. The summed E-state index contributed by atoms with van der Waals surface area (Å²) in [5.74, 6) is 0.772. The van der Waals surface area contributed by atoms with Crippen molar-refractivity contribution in [2.75, 3.05) is 18.5 Å². The Balaban J connectivity index is 3.06. The second-order valence-corrected chi connectivity index (χ2v) is 3.95. The average Bonchev–Trinajstić information content (AvgIpc) is 2.11. The van der Waals surface area contributed by atoms with Crippen LogP contribution >= 0.6 is 15.9 Å². The Morgan fingerprint density at radius 3 is 2.33 bits per heavy atom. The molecule has 0 atom stereocenters. The second-order valence-electron chi connectivity index (χ2n) is 3.15. The zero-order valence-electron chi connectivity index (χ0n) is 8.31. The summed E-state index contributed by atoms with van der Waals surface area (Å²) in [6.07, 6.45) is 4.90. The first-order chi connectivity index (χ1) is 5.85. The number of halogens is 1. The zero-order valence-corrected chi connectivity index (χ0v) is 9.90. The van der Waals surface area contributed by atoms with Crippen LogP contribution in [-0.2, 0) is 4.74 Å². The van der Waals surface area contributed by atoms with Crippen molar-refractivity contribution in [2.24, 2.45) is 5.92 Å². The minimum atomic E-state index is 0.772. The molecule has 0 amide bonds. The number of rotatable bonds is 8. The van der Waals surface area contributed by atoms with Crippen LogP contribution in [-0.4, -0.2) is 18.5 Å². The third-order valence-corrected chi connectivity index (χ3v) is 2.74. The van der Waals surface area contributed by atoms with E-state index in [2.05, 4.69) is 29.8 Å². The first-order valence-corrected chi connectivity index (χ1v) is 6.11. The summed E-state index contributed by atoms with van der Waals surface area (Å²) in [5.41, 5.74) is 0. The largest absolute Gasteiger partial charge is 0.381 e. The van der Waals surface area contributed by atoms with E-state index in [-0.39, 0.29) is 0 Å². The molecule has 0 fully saturated rings. The van der Waals surface area contributed by atoms with Gasteiger partial charge >= 0.3 is 0 Å². The second kappa shape index (κ2) is 9.53. The molecule has 0 aromatic carbocycles. The lowest BCUT2D eigenvalue weighted by molar-refractivity contribution is 0.0945. The highest BCUT2D eigenvalue weighted by Crippen LogP contribution is 2.07. The number of unbranched alkanes of at least 4 members (excludes halogenated alkanes) is 1. The molecule has 0 aliphatic carbocycles. The molecule has 0 aliphatic rings. The highest BCUT2D eigenvalue weighted by Gasteiger charge is 2.01. The van der Waals surface area contributed by atoms with Gasteiger partial charge in [-0.05, 0) is 18.8 Å². The van der Waals surface area contributed by atoms with E-state index in [9.17, 15) is 0 Å². The molecule has 1 nitrogen and oxygen atoms in total. The molecule has 0 heterocycles. The molecule has 0 saturated heterocycles. The Kier molecular flexibility index (Phi) is 9.88. The SMILES string of the molecule is CCC(CC)COCCCCBr. The van der Waals surface area contributed by atoms with Gasteiger partial charge < -0.3 is 4.74 Å². The van der Waals surface area contributed by atoms with Gasteiger partial charge in [-0.2, -0.15) is 0 Å². The number of alkyl halides is 1. The molecule has 0 aliphatic heterocycles. The van der Waals surface area contributed by atoms with Crippen LogP contribution in [0.5, 0.6) is 0 Å². The molecule has 0 bridgehead atoms. The Hall–Kier alpha value is 0.440. The molecule has 12 heavy (non-hydrogen) atoms. The molecule has 0 N–H and O–H groups in total. The van der Waals surface area contributed by atoms with Crippen molar-refractivity contribution in [3.05, 3.63) is 0 Å². The molecule has 0 unspecified atom stereocenters. The van der Waals surface area contributed by atoms with Crippen LogP contribution in [0.2, 0.25) is 0 Å². The summed E-state index contributed by atoms with van der Waals surface area (Å²) in [6, 6.07) is 0. The van der Waals surface area contributed by atoms with Crippen molar-refractivity contribution in [2.45, 2.75) is 39.5 Å². The molecule has 2 heteroatoms. The van der Waals surface area contributed by atoms with Gasteiger partial charge in [-0.1, -0.05) is 42.6 Å². The molecular formula is C10H21BrO. The Bertz CT molecular complexity index is 81.9. The number of ether oxygens (including phenoxy) is 1. The maximum atomic E-state index is 5.56. The smallest absolute Gasteiger partial charge is 0.0494 e. The van der Waals surface area contributed by atoms with E-state index >= 15 is 0 Å². The van der Waals surface area contributed by atoms with Gasteiger partial charge in [0.05, 0.1) is 0 Å². The van der Waals surface area contributed by atoms with E-state index in [1.54, 1.807) is 0 Å². The molecule has 74 valence electrons. The van der Waals surface area contributed by atoms with Gasteiger partial charge in [0.15, 0.2) is 0 Å². The topological polar surface area (TPSA) is 9.23 Å². The Labute approximate surface area is 85.0 Å². The Morgan fingerprint density at radius 2 is 1.83 bits per heavy atom. The Morgan fingerprint density at radius 1 is 1.17 bits per heavy atom. The molecule has 0 aromatic heterocycles. The van der Waals surface area contributed by atoms with Gasteiger partial charge in [0.2, 0.25) is 0 Å². The third kappa shape index (κ3) is 7.11. The monoisotopic (exact) mass is 236 g/mol. The van der Waals surface area contributed by atoms with Crippen LogP contribution in [0.15, 0.2) is 0 Å². The average molecular weight is 237 g/mol. The molecular weight excluding hydrogens is 216 g/mol. The van der Waals surface area contributed by atoms with Gasteiger partial charge in [0.25, 0.3) is 0 Å². The van der Waals surface area contributed by atoms with E-state index in [1.165, 1.54) is 25.7 Å². The van der Waals surface area contributed by atoms with Gasteiger partial charge in [-0.15, -0.1) is 0 Å². The van der Waals surface area contributed by atoms with Crippen molar-refractivity contribution in [3.63, 3.8) is 0 Å². The van der Waals surface area contributed by atoms with Crippen molar-refractivity contribution < 1.29 is 4.74 Å². The molecule has 0 saturated carbocycles. The van der Waals surface area contributed by atoms with E-state index in [0.29, 0.717) is 0 Å². The lowest BCUT2D eigenvalue weighted by Crippen LogP contribution is -2.08. The fourth-order valence-electron chi connectivity index (χ4n) is 1.07. The summed E-state index contributed by atoms with van der Waals surface area (Å²) in [7, 11) is 0. The number of hydrogen-bond acceptors (Lipinski definition) is 1. The van der Waals surface area contributed by atoms with Crippen molar-refractivity contribution in [1.82, 2.24) is 0 Å². The third-order valence-electron chi connectivity index (χ3n) is 2.18. The summed E-state index contributed by atoms with van der Waals surface area (Å²) in [4.78, 5) is 0. The number of hydrogen-bond donors (Lipinski definition) is 0. The summed E-state index contributed by atoms with van der Waals surface area (Å²) in [5, 5.41) is 1.10. The predicted molar refractivity (Wildman–Crippen MR) is 57.9 cm³/mol. The zero-order chi connectivity index (χ0) is 9.23. The van der Waals surface area contributed by atoms with Crippen molar-refractivity contribution >= 4 is 15.9 Å². The molecule has 0 rings (SSSR count). The highest BCUT2D eigenvalue weighted by molar-refractivity contribution is 9.09. The lowest BCUT2D eigenvalue weighted by atomic mass is 10.1. The maximum absolute atomic E-state index is 5.56. The van der Waals surface area contributed by atoms with E-state index < -0.39 is 0 Å². The summed E-state index contributed by atoms with van der Waals surface area (Å²) >= 11 is 3.40. The van der Waals surface area contributed by atoms with Crippen LogP contribution in [0.4, 0.5) is 0 Å². The summed E-state index contributed by atoms with van der Waals surface area (Å²) in [6.45, 7) is 6.35. The first kappa shape index (κ1) is 12.4. The van der Waals surface area contributed by atoms with E-state index in [1.807, 2.05) is 0 Å². The fourth-order valence-corrected chi connectivity index (χ4v) is 1.47. The minimum absolute atomic E-state index is 0.772. The van der Waals surface area contributed by atoms with Crippen LogP contribution in [0.1, 0.15) is 39.5 Å². The highest BCUT2D eigenvalue weighted by atomic mass is 79.9. The molecule has 0 radical (unpaired) electrons. The van der Waals surface area contributed by atoms with E-state index in [4.69, 9.17) is 4.74 Å². The van der Waals surface area contributed by atoms with Crippen molar-refractivity contribution in [3.8, 4) is 0 Å². The first-order valence-electron chi connectivity index (χ1n) is 4.98. The van der Waals surface area contributed by atoms with Crippen molar-refractivity contribution in [1.29, 1.82) is 0 Å². The standard InChI is InChI=1S/C10H21BrO/c1-3-10(4-2)9-12-8-6-5-7-11/h10H,3-9H2,1-2H3. The van der Waals surface area contributed by atoms with Gasteiger partial charge in [0, 0.05) is 18.5 Å².